The van der Waals surface area contributed by atoms with E-state index >= 15 is 0 Å². The molecule has 2 atom stereocenters. The third-order valence-corrected chi connectivity index (χ3v) is 3.16. The van der Waals surface area contributed by atoms with Crippen LogP contribution in [-0.2, 0) is 23.9 Å². The Bertz CT molecular complexity index is 855. The smallest absolute Gasteiger partial charge is 0.348 e. The Balaban J connectivity index is 0. The van der Waals surface area contributed by atoms with Crippen molar-refractivity contribution in [3.8, 4) is 11.5 Å². The van der Waals surface area contributed by atoms with Gasteiger partial charge >= 0.3 is 17.9 Å². The highest BCUT2D eigenvalue weighted by Gasteiger charge is 2.21. The topological polar surface area (TPSA) is 157 Å². The summed E-state index contributed by atoms with van der Waals surface area (Å²) in [5.41, 5.74) is 0. The van der Waals surface area contributed by atoms with Gasteiger partial charge in [-0.3, -0.25) is 9.59 Å². The number of benzene rings is 2. The van der Waals surface area contributed by atoms with E-state index in [1.165, 1.54) is 6.92 Å². The minimum absolute atomic E-state index is 0. The third-order valence-electron chi connectivity index (χ3n) is 3.16. The molecule has 0 amide bonds. The van der Waals surface area contributed by atoms with Crippen LogP contribution in [0.5, 0.6) is 11.5 Å². The first-order valence-corrected chi connectivity index (χ1v) is 9.73. The number of para-hydroxylation sites is 2. The molecule has 0 aromatic heterocycles. The van der Waals surface area contributed by atoms with Crippen molar-refractivity contribution in [2.45, 2.75) is 33.5 Å². The summed E-state index contributed by atoms with van der Waals surface area (Å²) in [5, 5.41) is 25.6. The molecule has 34 heavy (non-hydrogen) atoms. The van der Waals surface area contributed by atoms with Crippen molar-refractivity contribution in [1.82, 2.24) is 0 Å². The quantitative estimate of drug-likeness (QED) is 0.345. The van der Waals surface area contributed by atoms with E-state index in [0.29, 0.717) is 11.5 Å². The lowest BCUT2D eigenvalue weighted by atomic mass is 10.3. The first-order valence-electron chi connectivity index (χ1n) is 9.35. The molecule has 0 aliphatic carbocycles. The van der Waals surface area contributed by atoms with Crippen LogP contribution in [0.1, 0.15) is 21.3 Å². The molecule has 2 aromatic rings. The highest BCUT2D eigenvalue weighted by atomic mass is 35.5. The van der Waals surface area contributed by atoms with Crippen LogP contribution in [0, 0.1) is 0 Å². The van der Waals surface area contributed by atoms with Gasteiger partial charge in [-0.15, -0.1) is 0 Å². The Kier molecular flexibility index (Phi) is 18.1. The van der Waals surface area contributed by atoms with Crippen LogP contribution in [0.25, 0.3) is 0 Å². The van der Waals surface area contributed by atoms with E-state index < -0.39 is 30.1 Å². The molecule has 2 aromatic carbocycles. The lowest BCUT2D eigenvalue weighted by Gasteiger charge is -2.13. The molecule has 0 aliphatic heterocycles. The zero-order chi connectivity index (χ0) is 25.2. The van der Waals surface area contributed by atoms with Crippen molar-refractivity contribution >= 4 is 34.8 Å². The summed E-state index contributed by atoms with van der Waals surface area (Å²) in [6, 6.07) is 17.4. The molecular formula is C23H29ClO10. The molecule has 0 aliphatic rings. The molecule has 188 valence electrons. The van der Waals surface area contributed by atoms with Crippen LogP contribution in [0.3, 0.4) is 0 Å². The highest BCUT2D eigenvalue weighted by Crippen LogP contribution is 2.09. The third kappa shape index (κ3) is 18.0. The number of hydrogen-bond donors (Lipinski definition) is 3. The molecule has 0 saturated heterocycles. The Hall–Kier alpha value is -3.63. The first-order chi connectivity index (χ1) is 15.5. The van der Waals surface area contributed by atoms with Gasteiger partial charge in [-0.2, -0.15) is 0 Å². The van der Waals surface area contributed by atoms with Crippen LogP contribution >= 0.6 is 11.6 Å². The van der Waals surface area contributed by atoms with E-state index in [9.17, 15) is 19.2 Å². The van der Waals surface area contributed by atoms with Crippen molar-refractivity contribution in [1.29, 1.82) is 0 Å². The second-order valence-electron chi connectivity index (χ2n) is 6.01. The van der Waals surface area contributed by atoms with E-state index in [0.717, 1.165) is 6.92 Å². The largest absolute Gasteiger partial charge is 0.490 e. The SMILES string of the molecule is C.CC(=O)Cl.CC(=O)O[C@H](COc1ccccc1)C(=O)O.O=C(O)[C@H](O)COc1ccccc1. The van der Waals surface area contributed by atoms with Gasteiger partial charge in [0, 0.05) is 13.8 Å². The van der Waals surface area contributed by atoms with Gasteiger partial charge in [0.15, 0.2) is 6.10 Å². The Morgan fingerprint density at radius 1 is 0.794 bits per heavy atom. The number of esters is 1. The zero-order valence-corrected chi connectivity index (χ0v) is 18.7. The van der Waals surface area contributed by atoms with Crippen LogP contribution in [0.15, 0.2) is 60.7 Å². The molecule has 3 N–H and O–H groups in total. The van der Waals surface area contributed by atoms with E-state index in [1.807, 2.05) is 12.1 Å². The minimum Gasteiger partial charge on any atom is -0.490 e. The number of carboxylic acid groups (broad SMARTS) is 2. The summed E-state index contributed by atoms with van der Waals surface area (Å²) in [4.78, 5) is 40.7. The van der Waals surface area contributed by atoms with E-state index in [4.69, 9.17) is 24.8 Å². The summed E-state index contributed by atoms with van der Waals surface area (Å²) in [6.07, 6.45) is -2.75. The van der Waals surface area contributed by atoms with Gasteiger partial charge in [-0.1, -0.05) is 43.8 Å². The lowest BCUT2D eigenvalue weighted by molar-refractivity contribution is -0.164. The molecule has 0 unspecified atom stereocenters. The second kappa shape index (κ2) is 18.9. The zero-order valence-electron chi connectivity index (χ0n) is 17.9. The number of carbonyl (C=O) groups is 4. The maximum Gasteiger partial charge on any atom is 0.348 e. The minimum atomic E-state index is -1.47. The fraction of sp³-hybridized carbons (Fsp3) is 0.304. The Morgan fingerprint density at radius 2 is 1.18 bits per heavy atom. The van der Waals surface area contributed by atoms with Crippen molar-refractivity contribution in [3.05, 3.63) is 60.7 Å². The number of rotatable bonds is 9. The van der Waals surface area contributed by atoms with Crippen molar-refractivity contribution in [2.75, 3.05) is 13.2 Å². The number of hydrogen-bond acceptors (Lipinski definition) is 8. The standard InChI is InChI=1S/C11H12O5.C9H10O4.C2H3ClO.CH4/c1-8(12)16-10(11(13)14)7-15-9-5-3-2-4-6-9;10-8(9(11)12)6-13-7-4-2-1-3-5-7;1-2(3)4;/h2-6,10H,7H2,1H3,(H,13,14);1-5,8,10H,6H2,(H,11,12);1H3;1H4/t10-;8-;;/m11../s1. The van der Waals surface area contributed by atoms with Gasteiger partial charge in [-0.25, -0.2) is 9.59 Å². The van der Waals surface area contributed by atoms with Crippen LogP contribution < -0.4 is 9.47 Å². The normalized spacial score (nSPS) is 10.8. The van der Waals surface area contributed by atoms with E-state index in [-0.39, 0.29) is 25.9 Å². The summed E-state index contributed by atoms with van der Waals surface area (Å²) >= 11 is 4.64. The molecule has 0 spiro atoms. The number of carboxylic acids is 2. The lowest BCUT2D eigenvalue weighted by Crippen LogP contribution is -2.32. The summed E-state index contributed by atoms with van der Waals surface area (Å²) in [7, 11) is 0. The average molecular weight is 501 g/mol. The van der Waals surface area contributed by atoms with E-state index in [2.05, 4.69) is 16.3 Å². The number of aliphatic carboxylic acids is 2. The molecule has 0 radical (unpaired) electrons. The number of halogens is 1. The number of carbonyl (C=O) groups excluding carboxylic acids is 2. The second-order valence-corrected chi connectivity index (χ2v) is 6.54. The molecule has 2 rings (SSSR count). The molecule has 0 heterocycles. The fourth-order valence-corrected chi connectivity index (χ4v) is 1.81. The molecule has 0 saturated carbocycles. The van der Waals surface area contributed by atoms with Gasteiger partial charge < -0.3 is 29.5 Å². The van der Waals surface area contributed by atoms with Crippen molar-refractivity contribution < 1.29 is 48.7 Å². The first kappa shape index (κ1) is 32.5. The fourth-order valence-electron chi connectivity index (χ4n) is 1.81. The van der Waals surface area contributed by atoms with Gasteiger partial charge in [-0.05, 0) is 35.9 Å². The Labute approximate surface area is 202 Å². The van der Waals surface area contributed by atoms with Crippen molar-refractivity contribution in [2.24, 2.45) is 0 Å². The number of aliphatic hydroxyl groups is 1. The van der Waals surface area contributed by atoms with Crippen LogP contribution in [0.2, 0.25) is 0 Å². The molecule has 0 bridgehead atoms. The summed E-state index contributed by atoms with van der Waals surface area (Å²) < 4.78 is 14.7. The Morgan fingerprint density at radius 3 is 1.50 bits per heavy atom. The van der Waals surface area contributed by atoms with Gasteiger partial charge in [0.25, 0.3) is 0 Å². The van der Waals surface area contributed by atoms with Gasteiger partial charge in [0.2, 0.25) is 11.3 Å². The van der Waals surface area contributed by atoms with Crippen molar-refractivity contribution in [3.63, 3.8) is 0 Å². The number of ether oxygens (including phenoxy) is 3. The maximum atomic E-state index is 10.7. The monoisotopic (exact) mass is 500 g/mol. The van der Waals surface area contributed by atoms with Crippen LogP contribution in [0.4, 0.5) is 0 Å². The average Bonchev–Trinajstić information content (AvgIpc) is 2.76. The summed E-state index contributed by atoms with van der Waals surface area (Å²) in [5.74, 6) is -2.09. The number of aliphatic hydroxyl groups excluding tert-OH is 1. The molecule has 11 heteroatoms. The van der Waals surface area contributed by atoms with Gasteiger partial charge in [0.1, 0.15) is 24.7 Å². The molecule has 10 nitrogen and oxygen atoms in total. The summed E-state index contributed by atoms with van der Waals surface area (Å²) in [6.45, 7) is 2.00. The highest BCUT2D eigenvalue weighted by molar-refractivity contribution is 6.62. The van der Waals surface area contributed by atoms with Crippen LogP contribution in [-0.4, -0.2) is 63.9 Å². The predicted octanol–water partition coefficient (Wildman–Crippen LogP) is 3.00. The van der Waals surface area contributed by atoms with Gasteiger partial charge in [0.05, 0.1) is 0 Å². The maximum absolute atomic E-state index is 10.7. The van der Waals surface area contributed by atoms with E-state index in [1.54, 1.807) is 48.5 Å². The molecular weight excluding hydrogens is 472 g/mol. The molecule has 0 fully saturated rings. The predicted molar refractivity (Wildman–Crippen MR) is 124 cm³/mol.